The molecule has 1 heterocycles. The summed E-state index contributed by atoms with van der Waals surface area (Å²) in [5.41, 5.74) is -0.438. The Balaban J connectivity index is 1.80. The molecule has 0 unspecified atom stereocenters. The predicted octanol–water partition coefficient (Wildman–Crippen LogP) is 1.94. The van der Waals surface area contributed by atoms with Crippen molar-refractivity contribution < 1.29 is 22.4 Å². The standard InChI is InChI=1S/C20H30FN3O4S/c1-20(2,3)19(26)24-14-12-23(13-15-24)18(25)6-5-11-22(4)29(27,28)17-9-7-16(21)8-10-17/h7-10H,5-6,11-15H2,1-4H3. The van der Waals surface area contributed by atoms with Crippen LogP contribution in [0.3, 0.4) is 0 Å². The van der Waals surface area contributed by atoms with Crippen molar-refractivity contribution in [1.29, 1.82) is 0 Å². The van der Waals surface area contributed by atoms with Crippen LogP contribution in [0.25, 0.3) is 0 Å². The summed E-state index contributed by atoms with van der Waals surface area (Å²) in [6.07, 6.45) is 0.618. The van der Waals surface area contributed by atoms with Crippen LogP contribution in [0, 0.1) is 11.2 Å². The van der Waals surface area contributed by atoms with E-state index >= 15 is 0 Å². The molecular formula is C20H30FN3O4S. The minimum Gasteiger partial charge on any atom is -0.339 e. The van der Waals surface area contributed by atoms with Gasteiger partial charge in [-0.3, -0.25) is 9.59 Å². The van der Waals surface area contributed by atoms with Crippen LogP contribution in [0.5, 0.6) is 0 Å². The van der Waals surface area contributed by atoms with Gasteiger partial charge in [0.1, 0.15) is 5.82 Å². The van der Waals surface area contributed by atoms with Gasteiger partial charge in [0.25, 0.3) is 0 Å². The van der Waals surface area contributed by atoms with Gasteiger partial charge < -0.3 is 9.80 Å². The Bertz CT molecular complexity index is 826. The number of hydrogen-bond acceptors (Lipinski definition) is 4. The molecule has 0 spiro atoms. The maximum absolute atomic E-state index is 13.0. The Morgan fingerprint density at radius 3 is 2.07 bits per heavy atom. The summed E-state index contributed by atoms with van der Waals surface area (Å²) in [5.74, 6) is -0.459. The van der Waals surface area contributed by atoms with Crippen LogP contribution in [0.15, 0.2) is 29.2 Å². The van der Waals surface area contributed by atoms with Gasteiger partial charge in [0.05, 0.1) is 4.90 Å². The highest BCUT2D eigenvalue weighted by Gasteiger charge is 2.30. The van der Waals surface area contributed by atoms with Crippen molar-refractivity contribution in [3.63, 3.8) is 0 Å². The number of sulfonamides is 1. The summed E-state index contributed by atoms with van der Waals surface area (Å²) < 4.78 is 39.1. The molecule has 7 nitrogen and oxygen atoms in total. The first-order valence-electron chi connectivity index (χ1n) is 9.72. The molecule has 2 amide bonds. The van der Waals surface area contributed by atoms with Crippen molar-refractivity contribution >= 4 is 21.8 Å². The zero-order valence-corrected chi connectivity index (χ0v) is 18.3. The molecule has 0 aromatic heterocycles. The topological polar surface area (TPSA) is 78.0 Å². The molecule has 29 heavy (non-hydrogen) atoms. The lowest BCUT2D eigenvalue weighted by Gasteiger charge is -2.37. The predicted molar refractivity (Wildman–Crippen MR) is 108 cm³/mol. The minimum atomic E-state index is -3.71. The number of piperazine rings is 1. The van der Waals surface area contributed by atoms with Crippen LogP contribution in [0.1, 0.15) is 33.6 Å². The van der Waals surface area contributed by atoms with Gasteiger partial charge in [0.15, 0.2) is 0 Å². The SMILES string of the molecule is CN(CCCC(=O)N1CCN(C(=O)C(C)(C)C)CC1)S(=O)(=O)c1ccc(F)cc1. The Kier molecular flexibility index (Phi) is 7.40. The molecule has 2 rings (SSSR count). The van der Waals surface area contributed by atoms with Crippen molar-refractivity contribution in [2.75, 3.05) is 39.8 Å². The zero-order valence-electron chi connectivity index (χ0n) is 17.5. The molecule has 0 bridgehead atoms. The highest BCUT2D eigenvalue weighted by Crippen LogP contribution is 2.19. The van der Waals surface area contributed by atoms with E-state index in [0.717, 1.165) is 12.1 Å². The van der Waals surface area contributed by atoms with Crippen LogP contribution in [-0.2, 0) is 19.6 Å². The first kappa shape index (κ1) is 23.3. The average molecular weight is 428 g/mol. The maximum Gasteiger partial charge on any atom is 0.242 e. The highest BCUT2D eigenvalue weighted by molar-refractivity contribution is 7.89. The fraction of sp³-hybridized carbons (Fsp3) is 0.600. The Morgan fingerprint density at radius 1 is 1.03 bits per heavy atom. The van der Waals surface area contributed by atoms with Crippen LogP contribution in [-0.4, -0.2) is 74.1 Å². The summed E-state index contributed by atoms with van der Waals surface area (Å²) in [7, 11) is -2.27. The van der Waals surface area contributed by atoms with E-state index in [9.17, 15) is 22.4 Å². The summed E-state index contributed by atoms with van der Waals surface area (Å²) in [6.45, 7) is 7.83. The van der Waals surface area contributed by atoms with Gasteiger partial charge in [-0.05, 0) is 30.7 Å². The van der Waals surface area contributed by atoms with Crippen LogP contribution >= 0.6 is 0 Å². The van der Waals surface area contributed by atoms with E-state index < -0.39 is 21.3 Å². The van der Waals surface area contributed by atoms with Gasteiger partial charge in [-0.15, -0.1) is 0 Å². The van der Waals surface area contributed by atoms with Gasteiger partial charge in [-0.25, -0.2) is 17.1 Å². The molecule has 0 radical (unpaired) electrons. The lowest BCUT2D eigenvalue weighted by atomic mass is 9.94. The number of rotatable bonds is 6. The van der Waals surface area contributed by atoms with E-state index in [1.165, 1.54) is 23.5 Å². The summed E-state index contributed by atoms with van der Waals surface area (Å²) in [5, 5.41) is 0. The number of halogens is 1. The molecule has 162 valence electrons. The van der Waals surface area contributed by atoms with Gasteiger partial charge in [-0.1, -0.05) is 20.8 Å². The largest absolute Gasteiger partial charge is 0.339 e. The van der Waals surface area contributed by atoms with E-state index in [1.807, 2.05) is 20.8 Å². The second kappa shape index (κ2) is 9.21. The zero-order chi connectivity index (χ0) is 21.8. The third-order valence-electron chi connectivity index (χ3n) is 4.95. The Labute approximate surface area is 172 Å². The van der Waals surface area contributed by atoms with Crippen molar-refractivity contribution in [3.05, 3.63) is 30.1 Å². The summed E-state index contributed by atoms with van der Waals surface area (Å²) >= 11 is 0. The molecule has 1 aliphatic heterocycles. The highest BCUT2D eigenvalue weighted by atomic mass is 32.2. The number of nitrogens with zero attached hydrogens (tertiary/aromatic N) is 3. The molecule has 1 aromatic carbocycles. The lowest BCUT2D eigenvalue weighted by Crippen LogP contribution is -2.53. The normalized spacial score (nSPS) is 15.7. The average Bonchev–Trinajstić information content (AvgIpc) is 2.67. The van der Waals surface area contributed by atoms with Crippen molar-refractivity contribution in [2.45, 2.75) is 38.5 Å². The molecule has 1 aliphatic rings. The molecule has 9 heteroatoms. The smallest absolute Gasteiger partial charge is 0.242 e. The lowest BCUT2D eigenvalue weighted by molar-refractivity contribution is -0.145. The van der Waals surface area contributed by atoms with Gasteiger partial charge >= 0.3 is 0 Å². The second-order valence-corrected chi connectivity index (χ2v) is 10.4. The summed E-state index contributed by atoms with van der Waals surface area (Å²) in [4.78, 5) is 28.3. The van der Waals surface area contributed by atoms with E-state index in [4.69, 9.17) is 0 Å². The van der Waals surface area contributed by atoms with Crippen LogP contribution < -0.4 is 0 Å². The number of carbonyl (C=O) groups excluding carboxylic acids is 2. The number of amides is 2. The fourth-order valence-electron chi connectivity index (χ4n) is 3.15. The molecule has 1 fully saturated rings. The summed E-state index contributed by atoms with van der Waals surface area (Å²) in [6, 6.07) is 4.66. The maximum atomic E-state index is 13.0. The van der Waals surface area contributed by atoms with Crippen LogP contribution in [0.2, 0.25) is 0 Å². The van der Waals surface area contributed by atoms with E-state index in [2.05, 4.69) is 0 Å². The van der Waals surface area contributed by atoms with Gasteiger partial charge in [0.2, 0.25) is 21.8 Å². The number of benzene rings is 1. The van der Waals surface area contributed by atoms with Crippen LogP contribution in [0.4, 0.5) is 4.39 Å². The third kappa shape index (κ3) is 5.99. The molecule has 0 N–H and O–H groups in total. The van der Waals surface area contributed by atoms with Crippen molar-refractivity contribution in [1.82, 2.24) is 14.1 Å². The first-order chi connectivity index (χ1) is 13.4. The van der Waals surface area contributed by atoms with Crippen molar-refractivity contribution in [3.8, 4) is 0 Å². The molecule has 1 saturated heterocycles. The van der Waals surface area contributed by atoms with E-state index in [-0.39, 0.29) is 29.7 Å². The molecule has 0 aliphatic carbocycles. The number of carbonyl (C=O) groups is 2. The van der Waals surface area contributed by atoms with E-state index in [1.54, 1.807) is 9.80 Å². The molecule has 0 atom stereocenters. The first-order valence-corrected chi connectivity index (χ1v) is 11.2. The molecule has 0 saturated carbocycles. The fourth-order valence-corrected chi connectivity index (χ4v) is 4.36. The second-order valence-electron chi connectivity index (χ2n) is 8.31. The Morgan fingerprint density at radius 2 is 1.55 bits per heavy atom. The minimum absolute atomic E-state index is 0.0207. The van der Waals surface area contributed by atoms with E-state index in [0.29, 0.717) is 32.6 Å². The third-order valence-corrected chi connectivity index (χ3v) is 6.82. The van der Waals surface area contributed by atoms with Gasteiger partial charge in [0, 0.05) is 51.6 Å². The monoisotopic (exact) mass is 427 g/mol. The van der Waals surface area contributed by atoms with Crippen molar-refractivity contribution in [2.24, 2.45) is 5.41 Å². The molecule has 1 aromatic rings. The number of hydrogen-bond donors (Lipinski definition) is 0. The van der Waals surface area contributed by atoms with Gasteiger partial charge in [-0.2, -0.15) is 0 Å². The molecular weight excluding hydrogens is 397 g/mol. The Hall–Kier alpha value is -2.00. The quantitative estimate of drug-likeness (QED) is 0.695.